The molecule has 112 valence electrons. The van der Waals surface area contributed by atoms with E-state index >= 15 is 0 Å². The van der Waals surface area contributed by atoms with Crippen molar-refractivity contribution in [3.05, 3.63) is 16.5 Å². The van der Waals surface area contributed by atoms with Gasteiger partial charge in [-0.3, -0.25) is 0 Å². The molecular weight excluding hydrogens is 274 g/mol. The van der Waals surface area contributed by atoms with Gasteiger partial charge in [0.2, 0.25) is 0 Å². The zero-order valence-electron chi connectivity index (χ0n) is 12.7. The molecule has 5 heteroatoms. The minimum atomic E-state index is -0.310. The molecule has 20 heavy (non-hydrogen) atoms. The molecule has 1 aliphatic rings. The molecule has 1 heterocycles. The van der Waals surface area contributed by atoms with Gasteiger partial charge in [-0.2, -0.15) is 0 Å². The normalized spacial score (nSPS) is 23.7. The van der Waals surface area contributed by atoms with Gasteiger partial charge in [0.05, 0.1) is 12.1 Å². The second-order valence-corrected chi connectivity index (χ2v) is 7.02. The van der Waals surface area contributed by atoms with E-state index in [4.69, 9.17) is 11.6 Å². The molecule has 0 aliphatic heterocycles. The molecule has 1 aliphatic carbocycles. The third-order valence-electron chi connectivity index (χ3n) is 3.81. The number of aliphatic hydroxyl groups excluding tert-OH is 1. The Morgan fingerprint density at radius 1 is 1.20 bits per heavy atom. The summed E-state index contributed by atoms with van der Waals surface area (Å²) in [4.78, 5) is 8.98. The number of rotatable bonds is 2. The van der Waals surface area contributed by atoms with Crippen molar-refractivity contribution < 1.29 is 5.11 Å². The highest BCUT2D eigenvalue weighted by Gasteiger charge is 2.26. The lowest BCUT2D eigenvalue weighted by atomic mass is 9.92. The van der Waals surface area contributed by atoms with Crippen LogP contribution in [-0.2, 0) is 5.41 Å². The fraction of sp³-hybridized carbons (Fsp3) is 0.733. The Morgan fingerprint density at radius 3 is 2.45 bits per heavy atom. The number of halogens is 1. The largest absolute Gasteiger partial charge is 0.391 e. The molecule has 0 spiro atoms. The quantitative estimate of drug-likeness (QED) is 0.821. The number of aliphatic hydroxyl groups is 1. The van der Waals surface area contributed by atoms with E-state index in [9.17, 15) is 5.11 Å². The van der Waals surface area contributed by atoms with Crippen molar-refractivity contribution in [1.29, 1.82) is 0 Å². The smallest absolute Gasteiger partial charge is 0.137 e. The van der Waals surface area contributed by atoms with E-state index in [2.05, 4.69) is 36.1 Å². The second kappa shape index (κ2) is 5.86. The fourth-order valence-corrected chi connectivity index (χ4v) is 2.59. The molecular formula is C15H24ClN3O. The lowest BCUT2D eigenvalue weighted by Gasteiger charge is -2.30. The highest BCUT2D eigenvalue weighted by molar-refractivity contribution is 6.30. The van der Waals surface area contributed by atoms with Crippen LogP contribution in [0, 0.1) is 6.92 Å². The molecule has 1 aromatic heterocycles. The second-order valence-electron chi connectivity index (χ2n) is 6.66. The molecule has 0 amide bonds. The highest BCUT2D eigenvalue weighted by atomic mass is 35.5. The average Bonchev–Trinajstić information content (AvgIpc) is 2.36. The lowest BCUT2D eigenvalue weighted by Crippen LogP contribution is -2.37. The van der Waals surface area contributed by atoms with Crippen molar-refractivity contribution in [3.8, 4) is 0 Å². The van der Waals surface area contributed by atoms with Crippen LogP contribution in [0.25, 0.3) is 0 Å². The van der Waals surface area contributed by atoms with Crippen LogP contribution in [0.2, 0.25) is 5.15 Å². The molecule has 0 bridgehead atoms. The van der Waals surface area contributed by atoms with Crippen LogP contribution < -0.4 is 5.32 Å². The van der Waals surface area contributed by atoms with Gasteiger partial charge in [-0.15, -0.1) is 0 Å². The van der Waals surface area contributed by atoms with E-state index < -0.39 is 0 Å². The van der Waals surface area contributed by atoms with Gasteiger partial charge in [-0.1, -0.05) is 45.2 Å². The molecule has 1 fully saturated rings. The summed E-state index contributed by atoms with van der Waals surface area (Å²) in [6.45, 7) is 8.10. The van der Waals surface area contributed by atoms with Crippen molar-refractivity contribution in [3.63, 3.8) is 0 Å². The number of nitrogens with one attached hydrogen (secondary N) is 1. The first-order chi connectivity index (χ1) is 9.29. The minimum Gasteiger partial charge on any atom is -0.391 e. The zero-order valence-corrected chi connectivity index (χ0v) is 13.5. The molecule has 0 saturated heterocycles. The topological polar surface area (TPSA) is 58.0 Å². The maximum atomic E-state index is 10.1. The van der Waals surface area contributed by atoms with Crippen molar-refractivity contribution in [1.82, 2.24) is 9.97 Å². The van der Waals surface area contributed by atoms with Crippen LogP contribution in [-0.4, -0.2) is 27.2 Å². The molecule has 2 rings (SSSR count). The number of hydrogen-bond acceptors (Lipinski definition) is 4. The van der Waals surface area contributed by atoms with E-state index in [1.54, 1.807) is 0 Å². The summed E-state index contributed by atoms with van der Waals surface area (Å²) in [6, 6.07) is 0.0567. The van der Waals surface area contributed by atoms with E-state index in [-0.39, 0.29) is 17.6 Å². The molecule has 1 aromatic rings. The third-order valence-corrected chi connectivity index (χ3v) is 4.18. The van der Waals surface area contributed by atoms with E-state index in [1.807, 2.05) is 6.92 Å². The standard InChI is InChI=1S/C15H24ClN3O/c1-9-12(16)18-14(15(2,3)4)19-13(9)17-10-7-5-6-8-11(10)20/h10-11,20H,5-8H2,1-4H3,(H,17,18,19). The summed E-state index contributed by atoms with van der Waals surface area (Å²) in [5.41, 5.74) is 0.691. The molecule has 2 atom stereocenters. The molecule has 2 N–H and O–H groups in total. The number of hydrogen-bond donors (Lipinski definition) is 2. The first kappa shape index (κ1) is 15.5. The fourth-order valence-electron chi connectivity index (χ4n) is 2.42. The summed E-state index contributed by atoms with van der Waals surface area (Å²) in [6.07, 6.45) is 3.73. The van der Waals surface area contributed by atoms with Crippen molar-refractivity contribution in [2.45, 2.75) is 70.9 Å². The Labute approximate surface area is 126 Å². The maximum absolute atomic E-state index is 10.1. The lowest BCUT2D eigenvalue weighted by molar-refractivity contribution is 0.116. The SMILES string of the molecule is Cc1c(Cl)nc(C(C)(C)C)nc1NC1CCCCC1O. The van der Waals surface area contributed by atoms with Crippen molar-refractivity contribution >= 4 is 17.4 Å². The predicted molar refractivity (Wildman–Crippen MR) is 82.4 cm³/mol. The van der Waals surface area contributed by atoms with Gasteiger partial charge in [0.25, 0.3) is 0 Å². The summed E-state index contributed by atoms with van der Waals surface area (Å²) in [5.74, 6) is 1.47. The Hall–Kier alpha value is -0.870. The van der Waals surface area contributed by atoms with E-state index in [1.165, 1.54) is 0 Å². The van der Waals surface area contributed by atoms with Crippen LogP contribution in [0.1, 0.15) is 57.8 Å². The van der Waals surface area contributed by atoms with Gasteiger partial charge in [-0.05, 0) is 19.8 Å². The van der Waals surface area contributed by atoms with Crippen molar-refractivity contribution in [2.75, 3.05) is 5.32 Å². The van der Waals surface area contributed by atoms with Crippen LogP contribution in [0.5, 0.6) is 0 Å². The average molecular weight is 298 g/mol. The Morgan fingerprint density at radius 2 is 1.85 bits per heavy atom. The minimum absolute atomic E-state index is 0.0567. The highest BCUT2D eigenvalue weighted by Crippen LogP contribution is 2.28. The molecule has 2 unspecified atom stereocenters. The first-order valence-electron chi connectivity index (χ1n) is 7.28. The van der Waals surface area contributed by atoms with Gasteiger partial charge >= 0.3 is 0 Å². The van der Waals surface area contributed by atoms with Crippen LogP contribution in [0.3, 0.4) is 0 Å². The monoisotopic (exact) mass is 297 g/mol. The molecule has 1 saturated carbocycles. The van der Waals surface area contributed by atoms with Gasteiger partial charge in [-0.25, -0.2) is 9.97 Å². The van der Waals surface area contributed by atoms with Crippen LogP contribution in [0.4, 0.5) is 5.82 Å². The molecule has 4 nitrogen and oxygen atoms in total. The van der Waals surface area contributed by atoms with Gasteiger partial charge < -0.3 is 10.4 Å². The van der Waals surface area contributed by atoms with Crippen LogP contribution in [0.15, 0.2) is 0 Å². The predicted octanol–water partition coefficient (Wildman–Crippen LogP) is 3.45. The van der Waals surface area contributed by atoms with E-state index in [0.717, 1.165) is 42.9 Å². The zero-order chi connectivity index (χ0) is 14.9. The Kier molecular flexibility index (Phi) is 4.55. The van der Waals surface area contributed by atoms with E-state index in [0.29, 0.717) is 5.15 Å². The summed E-state index contributed by atoms with van der Waals surface area (Å²) in [5, 5.41) is 13.9. The van der Waals surface area contributed by atoms with Crippen molar-refractivity contribution in [2.24, 2.45) is 0 Å². The maximum Gasteiger partial charge on any atom is 0.137 e. The number of anilines is 1. The molecule has 0 aromatic carbocycles. The Balaban J connectivity index is 2.28. The molecule has 0 radical (unpaired) electrons. The summed E-state index contributed by atoms with van der Waals surface area (Å²) in [7, 11) is 0. The number of nitrogens with zero attached hydrogens (tertiary/aromatic N) is 2. The van der Waals surface area contributed by atoms with Gasteiger partial charge in [0, 0.05) is 11.0 Å². The number of aromatic nitrogens is 2. The Bertz CT molecular complexity index is 485. The third kappa shape index (κ3) is 3.41. The summed E-state index contributed by atoms with van der Waals surface area (Å²) < 4.78 is 0. The summed E-state index contributed by atoms with van der Waals surface area (Å²) >= 11 is 6.23. The van der Waals surface area contributed by atoms with Gasteiger partial charge in [0.1, 0.15) is 16.8 Å². The van der Waals surface area contributed by atoms with Crippen LogP contribution >= 0.6 is 11.6 Å². The van der Waals surface area contributed by atoms with Gasteiger partial charge in [0.15, 0.2) is 0 Å². The first-order valence-corrected chi connectivity index (χ1v) is 7.66.